The molecule has 0 radical (unpaired) electrons. The fourth-order valence-corrected chi connectivity index (χ4v) is 1.08. The van der Waals surface area contributed by atoms with Crippen LogP contribution in [-0.4, -0.2) is 13.1 Å². The first-order valence-corrected chi connectivity index (χ1v) is 4.11. The van der Waals surface area contributed by atoms with Gasteiger partial charge in [-0.2, -0.15) is 0 Å². The van der Waals surface area contributed by atoms with Crippen molar-refractivity contribution >= 4 is 5.97 Å². The number of ether oxygens (including phenoxy) is 1. The zero-order chi connectivity index (χ0) is 9.68. The number of esters is 1. The summed E-state index contributed by atoms with van der Waals surface area (Å²) in [4.78, 5) is 10.9. The van der Waals surface area contributed by atoms with Crippen molar-refractivity contribution in [2.75, 3.05) is 7.11 Å². The molecule has 0 aliphatic rings. The number of benzene rings is 1. The Balaban J connectivity index is 2.59. The molecule has 3 heteroatoms. The number of rotatable bonds is 3. The van der Waals surface area contributed by atoms with E-state index in [4.69, 9.17) is 5.73 Å². The molecule has 2 N–H and O–H groups in total. The average Bonchev–Trinajstić information content (AvgIpc) is 2.19. The van der Waals surface area contributed by atoms with Crippen LogP contribution in [0, 0.1) is 0 Å². The minimum atomic E-state index is -0.281. The smallest absolute Gasteiger partial charge is 0.307 e. The zero-order valence-corrected chi connectivity index (χ0v) is 7.57. The molecule has 1 aromatic rings. The van der Waals surface area contributed by atoms with E-state index in [1.54, 1.807) is 0 Å². The molecule has 1 aromatic carbocycles. The van der Waals surface area contributed by atoms with Gasteiger partial charge in [-0.15, -0.1) is 0 Å². The van der Waals surface area contributed by atoms with Crippen LogP contribution in [0.4, 0.5) is 0 Å². The van der Waals surface area contributed by atoms with Crippen LogP contribution in [0.25, 0.3) is 0 Å². The summed E-state index contributed by atoms with van der Waals surface area (Å²) >= 11 is 0. The summed E-state index contributed by atoms with van der Waals surface area (Å²) < 4.78 is 4.52. The van der Waals surface area contributed by atoms with E-state index in [1.165, 1.54) is 7.11 Å². The van der Waals surface area contributed by atoms with Crippen LogP contribution in [0.2, 0.25) is 0 Å². The Labute approximate surface area is 77.5 Å². The third-order valence-electron chi connectivity index (χ3n) is 1.84. The third kappa shape index (κ3) is 2.87. The highest BCUT2D eigenvalue weighted by atomic mass is 16.5. The molecule has 0 spiro atoms. The summed E-state index contributed by atoms with van der Waals surface area (Å²) in [6.07, 6.45) is 0.223. The molecule has 0 aliphatic carbocycles. The number of carbonyl (C=O) groups excluding carboxylic acids is 1. The van der Waals surface area contributed by atoms with E-state index in [2.05, 4.69) is 4.74 Å². The van der Waals surface area contributed by atoms with Crippen LogP contribution in [0.1, 0.15) is 18.0 Å². The first kappa shape index (κ1) is 9.74. The predicted molar refractivity (Wildman–Crippen MR) is 50.0 cm³/mol. The molecule has 70 valence electrons. The molecule has 1 rings (SSSR count). The number of methoxy groups -OCH3 is 1. The normalized spacial score (nSPS) is 12.2. The Hall–Kier alpha value is -1.35. The van der Waals surface area contributed by atoms with Gasteiger partial charge in [-0.05, 0) is 5.56 Å². The highest BCUT2D eigenvalue weighted by molar-refractivity contribution is 5.70. The number of carbonyl (C=O) groups is 1. The van der Waals surface area contributed by atoms with Gasteiger partial charge in [-0.1, -0.05) is 30.3 Å². The Morgan fingerprint density at radius 1 is 1.46 bits per heavy atom. The van der Waals surface area contributed by atoms with Crippen molar-refractivity contribution in [3.05, 3.63) is 35.9 Å². The van der Waals surface area contributed by atoms with Gasteiger partial charge in [0.05, 0.1) is 13.5 Å². The Morgan fingerprint density at radius 2 is 2.08 bits per heavy atom. The third-order valence-corrected chi connectivity index (χ3v) is 1.84. The number of hydrogen-bond acceptors (Lipinski definition) is 3. The summed E-state index contributed by atoms with van der Waals surface area (Å²) in [5.74, 6) is -0.281. The fraction of sp³-hybridized carbons (Fsp3) is 0.300. The van der Waals surface area contributed by atoms with Crippen LogP contribution in [0.15, 0.2) is 30.3 Å². The van der Waals surface area contributed by atoms with Crippen molar-refractivity contribution in [2.45, 2.75) is 12.5 Å². The summed E-state index contributed by atoms with van der Waals surface area (Å²) in [5.41, 5.74) is 6.72. The van der Waals surface area contributed by atoms with Gasteiger partial charge in [0.15, 0.2) is 0 Å². The maximum atomic E-state index is 10.9. The lowest BCUT2D eigenvalue weighted by molar-refractivity contribution is -0.141. The van der Waals surface area contributed by atoms with E-state index >= 15 is 0 Å². The lowest BCUT2D eigenvalue weighted by atomic mass is 10.1. The van der Waals surface area contributed by atoms with E-state index < -0.39 is 0 Å². The van der Waals surface area contributed by atoms with Gasteiger partial charge in [0.2, 0.25) is 0 Å². The van der Waals surface area contributed by atoms with E-state index in [9.17, 15) is 4.79 Å². The quantitative estimate of drug-likeness (QED) is 0.710. The van der Waals surface area contributed by atoms with Gasteiger partial charge >= 0.3 is 5.97 Å². The van der Waals surface area contributed by atoms with Crippen molar-refractivity contribution in [2.24, 2.45) is 5.73 Å². The Morgan fingerprint density at radius 3 is 2.62 bits per heavy atom. The maximum Gasteiger partial charge on any atom is 0.307 e. The molecule has 1 atom stereocenters. The second kappa shape index (κ2) is 4.62. The second-order valence-corrected chi connectivity index (χ2v) is 2.80. The molecule has 0 aliphatic heterocycles. The van der Waals surface area contributed by atoms with Gasteiger partial charge in [0.1, 0.15) is 0 Å². The van der Waals surface area contributed by atoms with E-state index in [-0.39, 0.29) is 18.4 Å². The van der Waals surface area contributed by atoms with Crippen molar-refractivity contribution in [1.82, 2.24) is 0 Å². The van der Waals surface area contributed by atoms with E-state index in [0.29, 0.717) is 0 Å². The van der Waals surface area contributed by atoms with Crippen LogP contribution in [0.5, 0.6) is 0 Å². The lowest BCUT2D eigenvalue weighted by Gasteiger charge is -2.09. The van der Waals surface area contributed by atoms with Crippen molar-refractivity contribution in [1.29, 1.82) is 0 Å². The molecule has 13 heavy (non-hydrogen) atoms. The van der Waals surface area contributed by atoms with Crippen LogP contribution in [0.3, 0.4) is 0 Å². The minimum Gasteiger partial charge on any atom is -0.469 e. The Kier molecular flexibility index (Phi) is 3.46. The molecule has 0 heterocycles. The van der Waals surface area contributed by atoms with Gasteiger partial charge < -0.3 is 10.5 Å². The van der Waals surface area contributed by atoms with Gasteiger partial charge in [-0.25, -0.2) is 0 Å². The van der Waals surface area contributed by atoms with Crippen molar-refractivity contribution in [3.63, 3.8) is 0 Å². The molecule has 0 saturated heterocycles. The van der Waals surface area contributed by atoms with Gasteiger partial charge in [0, 0.05) is 6.04 Å². The monoisotopic (exact) mass is 179 g/mol. The first-order valence-electron chi connectivity index (χ1n) is 4.11. The molecule has 0 saturated carbocycles. The van der Waals surface area contributed by atoms with E-state index in [0.717, 1.165) is 5.56 Å². The summed E-state index contributed by atoms with van der Waals surface area (Å²) in [7, 11) is 1.36. The molecule has 0 bridgehead atoms. The molecule has 0 aromatic heterocycles. The standard InChI is InChI=1S/C10H13NO2/c1-13-10(12)7-9(11)8-5-3-2-4-6-8/h2-6,9H,7,11H2,1H3/t9-/m1/s1. The highest BCUT2D eigenvalue weighted by Crippen LogP contribution is 2.13. The molecule has 3 nitrogen and oxygen atoms in total. The fourth-order valence-electron chi connectivity index (χ4n) is 1.08. The maximum absolute atomic E-state index is 10.9. The number of hydrogen-bond donors (Lipinski definition) is 1. The topological polar surface area (TPSA) is 52.3 Å². The molecule has 0 fully saturated rings. The first-order chi connectivity index (χ1) is 6.24. The zero-order valence-electron chi connectivity index (χ0n) is 7.57. The number of nitrogens with two attached hydrogens (primary N) is 1. The van der Waals surface area contributed by atoms with E-state index in [1.807, 2.05) is 30.3 Å². The average molecular weight is 179 g/mol. The largest absolute Gasteiger partial charge is 0.469 e. The van der Waals surface area contributed by atoms with Gasteiger partial charge in [0.25, 0.3) is 0 Å². The second-order valence-electron chi connectivity index (χ2n) is 2.80. The molecular formula is C10H13NO2. The van der Waals surface area contributed by atoms with Crippen molar-refractivity contribution < 1.29 is 9.53 Å². The van der Waals surface area contributed by atoms with Crippen molar-refractivity contribution in [3.8, 4) is 0 Å². The van der Waals surface area contributed by atoms with Crippen LogP contribution >= 0.6 is 0 Å². The molecular weight excluding hydrogens is 166 g/mol. The van der Waals surface area contributed by atoms with Crippen LogP contribution in [-0.2, 0) is 9.53 Å². The minimum absolute atomic E-state index is 0.223. The molecule has 0 unspecified atom stereocenters. The summed E-state index contributed by atoms with van der Waals surface area (Å²) in [6.45, 7) is 0. The predicted octanol–water partition coefficient (Wildman–Crippen LogP) is 1.25. The van der Waals surface area contributed by atoms with Crippen LogP contribution < -0.4 is 5.73 Å². The summed E-state index contributed by atoms with van der Waals surface area (Å²) in [5, 5.41) is 0. The SMILES string of the molecule is COC(=O)C[C@@H](N)c1ccccc1. The molecule has 0 amide bonds. The lowest BCUT2D eigenvalue weighted by Crippen LogP contribution is -2.16. The summed E-state index contributed by atoms with van der Waals surface area (Å²) in [6, 6.07) is 9.22. The highest BCUT2D eigenvalue weighted by Gasteiger charge is 2.10. The Bertz CT molecular complexity index is 272. The van der Waals surface area contributed by atoms with Gasteiger partial charge in [-0.3, -0.25) is 4.79 Å².